The van der Waals surface area contributed by atoms with Crippen LogP contribution in [0.4, 0.5) is 5.69 Å². The van der Waals surface area contributed by atoms with Gasteiger partial charge in [0.25, 0.3) is 5.91 Å². The Morgan fingerprint density at radius 2 is 2.06 bits per heavy atom. The van der Waals surface area contributed by atoms with Crippen LogP contribution in [-0.4, -0.2) is 48.1 Å². The van der Waals surface area contributed by atoms with E-state index in [0.717, 1.165) is 51.0 Å². The molecular formula is C25H36N4O2. The number of hydrogen-bond donors (Lipinski definition) is 3. The molecule has 1 saturated heterocycles. The van der Waals surface area contributed by atoms with Crippen LogP contribution in [0.5, 0.6) is 0 Å². The normalized spacial score (nSPS) is 37.1. The van der Waals surface area contributed by atoms with Gasteiger partial charge in [0.2, 0.25) is 5.91 Å². The van der Waals surface area contributed by atoms with Crippen LogP contribution in [-0.2, 0) is 4.79 Å². The molecule has 6 nitrogen and oxygen atoms in total. The van der Waals surface area contributed by atoms with Gasteiger partial charge in [0, 0.05) is 36.7 Å². The molecule has 168 valence electrons. The van der Waals surface area contributed by atoms with Crippen molar-refractivity contribution in [1.82, 2.24) is 15.5 Å². The van der Waals surface area contributed by atoms with Crippen LogP contribution in [0, 0.1) is 17.3 Å². The third-order valence-electron chi connectivity index (χ3n) is 8.63. The average molecular weight is 425 g/mol. The number of likely N-dealkylation sites (tertiary alicyclic amines) is 1. The predicted molar refractivity (Wildman–Crippen MR) is 122 cm³/mol. The second-order valence-corrected chi connectivity index (χ2v) is 10.6. The molecule has 6 rings (SSSR count). The lowest BCUT2D eigenvalue weighted by molar-refractivity contribution is -0.139. The molecule has 0 radical (unpaired) electrons. The van der Waals surface area contributed by atoms with E-state index in [1.54, 1.807) is 0 Å². The standard InChI is InChI=1S/C25H36N4O2/c1-17-7-5-6-13-29(17)14-12-26-23(31)20-15-18-10-11-24(20,2)16-25(18)27-21-9-4-3-8-19(21)22(30)28-25/h3-4,8-9,17-18,20,27H,5-7,10-16H2,1-2H3,(H,26,31)(H,28,30)/t17-,18+,20-,24-,25-/m0/s1. The van der Waals surface area contributed by atoms with Crippen molar-refractivity contribution in [3.63, 3.8) is 0 Å². The molecule has 5 atom stereocenters. The highest BCUT2D eigenvalue weighted by Crippen LogP contribution is 2.58. The van der Waals surface area contributed by atoms with Crippen molar-refractivity contribution < 1.29 is 9.59 Å². The predicted octanol–water partition coefficient (Wildman–Crippen LogP) is 3.36. The van der Waals surface area contributed by atoms with Crippen LogP contribution in [0.3, 0.4) is 0 Å². The van der Waals surface area contributed by atoms with E-state index >= 15 is 0 Å². The molecule has 3 N–H and O–H groups in total. The number of carbonyl (C=O) groups excluding carboxylic acids is 2. The molecule has 31 heavy (non-hydrogen) atoms. The van der Waals surface area contributed by atoms with Crippen molar-refractivity contribution in [3.05, 3.63) is 29.8 Å². The van der Waals surface area contributed by atoms with Gasteiger partial charge in [0.1, 0.15) is 5.66 Å². The van der Waals surface area contributed by atoms with Crippen molar-refractivity contribution >= 4 is 17.5 Å². The molecule has 0 unspecified atom stereocenters. The van der Waals surface area contributed by atoms with E-state index in [1.165, 1.54) is 19.3 Å². The quantitative estimate of drug-likeness (QED) is 0.693. The Balaban J connectivity index is 1.25. The zero-order valence-electron chi connectivity index (χ0n) is 18.9. The average Bonchev–Trinajstić information content (AvgIpc) is 2.74. The van der Waals surface area contributed by atoms with Crippen LogP contribution >= 0.6 is 0 Å². The topological polar surface area (TPSA) is 73.5 Å². The number of hydrogen-bond acceptors (Lipinski definition) is 4. The van der Waals surface area contributed by atoms with E-state index in [1.807, 2.05) is 24.3 Å². The molecule has 0 aromatic heterocycles. The smallest absolute Gasteiger partial charge is 0.255 e. The Morgan fingerprint density at radius 3 is 2.87 bits per heavy atom. The SMILES string of the molecule is C[C@H]1CCCCN1CCNC(=O)[C@@H]1C[C@H]2CC[C@@]1(C)C[C@]21NC(=O)c2ccccc2N1. The fraction of sp³-hybridized carbons (Fsp3) is 0.680. The summed E-state index contributed by atoms with van der Waals surface area (Å²) < 4.78 is 0. The number of rotatable bonds is 4. The van der Waals surface area contributed by atoms with E-state index in [9.17, 15) is 9.59 Å². The van der Waals surface area contributed by atoms with Crippen molar-refractivity contribution in [2.75, 3.05) is 25.0 Å². The molecule has 6 heteroatoms. The molecule has 1 aromatic rings. The summed E-state index contributed by atoms with van der Waals surface area (Å²) in [6.07, 6.45) is 7.57. The fourth-order valence-electron chi connectivity index (χ4n) is 6.79. The van der Waals surface area contributed by atoms with Crippen LogP contribution in [0.15, 0.2) is 24.3 Å². The summed E-state index contributed by atoms with van der Waals surface area (Å²) in [4.78, 5) is 28.6. The number of amides is 2. The van der Waals surface area contributed by atoms with E-state index in [-0.39, 0.29) is 29.1 Å². The van der Waals surface area contributed by atoms with E-state index in [0.29, 0.717) is 11.6 Å². The zero-order valence-corrected chi connectivity index (χ0v) is 18.9. The number of carbonyl (C=O) groups is 2. The minimum absolute atomic E-state index is 0.00199. The van der Waals surface area contributed by atoms with Gasteiger partial charge in [-0.25, -0.2) is 0 Å². The van der Waals surface area contributed by atoms with E-state index in [4.69, 9.17) is 0 Å². The maximum Gasteiger partial charge on any atom is 0.255 e. The number of fused-ring (bicyclic) bond motifs is 3. The summed E-state index contributed by atoms with van der Waals surface area (Å²) in [6, 6.07) is 8.36. The molecule has 3 aliphatic carbocycles. The van der Waals surface area contributed by atoms with Crippen LogP contribution < -0.4 is 16.0 Å². The molecule has 1 aromatic carbocycles. The van der Waals surface area contributed by atoms with Crippen molar-refractivity contribution in [1.29, 1.82) is 0 Å². The maximum atomic E-state index is 13.2. The van der Waals surface area contributed by atoms with Crippen molar-refractivity contribution in [3.8, 4) is 0 Å². The summed E-state index contributed by atoms with van der Waals surface area (Å²) >= 11 is 0. The van der Waals surface area contributed by atoms with Gasteiger partial charge in [-0.2, -0.15) is 0 Å². The summed E-state index contributed by atoms with van der Waals surface area (Å²) in [5.41, 5.74) is 1.09. The number of anilines is 1. The van der Waals surface area contributed by atoms with Crippen molar-refractivity contribution in [2.24, 2.45) is 17.3 Å². The Hall–Kier alpha value is -2.08. The largest absolute Gasteiger partial charge is 0.362 e. The maximum absolute atomic E-state index is 13.2. The molecule has 1 spiro atoms. The molecule has 3 saturated carbocycles. The van der Waals surface area contributed by atoms with Gasteiger partial charge in [-0.15, -0.1) is 0 Å². The van der Waals surface area contributed by atoms with Crippen LogP contribution in [0.25, 0.3) is 0 Å². The van der Waals surface area contributed by atoms with Gasteiger partial charge in [-0.05, 0) is 69.5 Å². The lowest BCUT2D eigenvalue weighted by Crippen LogP contribution is -2.70. The van der Waals surface area contributed by atoms with Crippen LogP contribution in [0.2, 0.25) is 0 Å². The third kappa shape index (κ3) is 3.63. The highest BCUT2D eigenvalue weighted by atomic mass is 16.2. The summed E-state index contributed by atoms with van der Waals surface area (Å²) in [5, 5.41) is 10.2. The van der Waals surface area contributed by atoms with Gasteiger partial charge in [-0.3, -0.25) is 14.5 Å². The number of para-hydroxylation sites is 1. The Morgan fingerprint density at radius 1 is 1.23 bits per heavy atom. The van der Waals surface area contributed by atoms with Gasteiger partial charge >= 0.3 is 0 Å². The highest BCUT2D eigenvalue weighted by Gasteiger charge is 2.60. The molecular weight excluding hydrogens is 388 g/mol. The summed E-state index contributed by atoms with van der Waals surface area (Å²) in [7, 11) is 0. The number of piperidine rings is 1. The molecule has 5 aliphatic rings. The Kier molecular flexibility index (Phi) is 5.24. The van der Waals surface area contributed by atoms with Gasteiger partial charge < -0.3 is 16.0 Å². The Bertz CT molecular complexity index is 873. The number of benzene rings is 1. The Labute approximate surface area is 185 Å². The minimum Gasteiger partial charge on any atom is -0.362 e. The molecule has 2 bridgehead atoms. The molecule has 4 fully saturated rings. The first-order valence-electron chi connectivity index (χ1n) is 12.1. The second-order valence-electron chi connectivity index (χ2n) is 10.6. The minimum atomic E-state index is -0.432. The molecule has 2 amide bonds. The summed E-state index contributed by atoms with van der Waals surface area (Å²) in [6.45, 7) is 7.36. The highest BCUT2D eigenvalue weighted by molar-refractivity contribution is 6.02. The molecule has 2 aliphatic heterocycles. The first kappa shape index (κ1) is 20.8. The third-order valence-corrected chi connectivity index (χ3v) is 8.63. The fourth-order valence-corrected chi connectivity index (χ4v) is 6.79. The first-order chi connectivity index (χ1) is 14.9. The lowest BCUT2D eigenvalue weighted by Gasteiger charge is -2.60. The number of nitrogens with zero attached hydrogens (tertiary/aromatic N) is 1. The number of nitrogens with one attached hydrogen (secondary N) is 3. The monoisotopic (exact) mass is 424 g/mol. The van der Waals surface area contributed by atoms with Gasteiger partial charge in [0.05, 0.1) is 5.56 Å². The van der Waals surface area contributed by atoms with E-state index in [2.05, 4.69) is 34.7 Å². The van der Waals surface area contributed by atoms with E-state index < -0.39 is 5.66 Å². The second kappa shape index (κ2) is 7.80. The van der Waals surface area contributed by atoms with Crippen LogP contribution in [0.1, 0.15) is 69.2 Å². The summed E-state index contributed by atoms with van der Waals surface area (Å²) in [5.74, 6) is 0.493. The zero-order chi connectivity index (χ0) is 21.6. The van der Waals surface area contributed by atoms with Crippen molar-refractivity contribution in [2.45, 2.75) is 70.5 Å². The van der Waals surface area contributed by atoms with Gasteiger partial charge in [0.15, 0.2) is 0 Å². The lowest BCUT2D eigenvalue weighted by atomic mass is 9.51. The molecule has 2 heterocycles. The first-order valence-corrected chi connectivity index (χ1v) is 12.1. The van der Waals surface area contributed by atoms with Gasteiger partial charge in [-0.1, -0.05) is 25.5 Å².